The molecule has 0 aliphatic carbocycles. The molecule has 4 nitrogen and oxygen atoms in total. The average Bonchev–Trinajstić information content (AvgIpc) is 2.22. The number of aliphatic hydroxyl groups excluding tert-OH is 1. The topological polar surface area (TPSA) is 76.2 Å². The van der Waals surface area contributed by atoms with E-state index in [2.05, 4.69) is 20.9 Å². The maximum atomic E-state index is 13.3. The number of alkyl halides is 2. The highest BCUT2D eigenvalue weighted by Gasteiger charge is 2.47. The number of hydrogen-bond acceptors (Lipinski definition) is 3. The van der Waals surface area contributed by atoms with E-state index in [0.717, 1.165) is 6.07 Å². The number of nitrogens with zero attached hydrogens (tertiary/aromatic N) is 1. The van der Waals surface area contributed by atoms with E-state index in [1.165, 1.54) is 6.07 Å². The van der Waals surface area contributed by atoms with Gasteiger partial charge in [0.25, 0.3) is 5.92 Å². The minimum atomic E-state index is -3.96. The molecule has 1 rings (SSSR count). The molecule has 1 amide bonds. The summed E-state index contributed by atoms with van der Waals surface area (Å²) in [6.07, 6.45) is 0. The van der Waals surface area contributed by atoms with E-state index < -0.39 is 35.9 Å². The Hall–Kier alpha value is -1.15. The summed E-state index contributed by atoms with van der Waals surface area (Å²) in [6.45, 7) is -1.67. The van der Waals surface area contributed by atoms with Gasteiger partial charge in [-0.25, -0.2) is 18.2 Å². The van der Waals surface area contributed by atoms with Crippen LogP contribution in [0.25, 0.3) is 0 Å². The van der Waals surface area contributed by atoms with Crippen LogP contribution in [0.5, 0.6) is 0 Å². The summed E-state index contributed by atoms with van der Waals surface area (Å²) < 4.78 is 39.9. The summed E-state index contributed by atoms with van der Waals surface area (Å²) in [5.74, 6) is -8.00. The van der Waals surface area contributed by atoms with Gasteiger partial charge in [-0.3, -0.25) is 4.79 Å². The van der Waals surface area contributed by atoms with Crippen molar-refractivity contribution in [2.45, 2.75) is 5.92 Å². The molecule has 0 saturated heterocycles. The molecule has 0 bridgehead atoms. The Balaban J connectivity index is 3.33. The largest absolute Gasteiger partial charge is 0.390 e. The molecule has 3 N–H and O–H groups in total. The smallest absolute Gasteiger partial charge is 0.292 e. The number of rotatable bonds is 4. The van der Waals surface area contributed by atoms with E-state index in [1.54, 1.807) is 0 Å². The van der Waals surface area contributed by atoms with Crippen molar-refractivity contribution in [3.63, 3.8) is 0 Å². The molecular weight excluding hydrogens is 305 g/mol. The Labute approximate surface area is 103 Å². The summed E-state index contributed by atoms with van der Waals surface area (Å²) in [7, 11) is 0. The van der Waals surface area contributed by atoms with E-state index in [-0.39, 0.29) is 4.60 Å². The fourth-order valence-electron chi connectivity index (χ4n) is 1.14. The van der Waals surface area contributed by atoms with Crippen LogP contribution in [0.15, 0.2) is 16.7 Å². The van der Waals surface area contributed by atoms with Crippen molar-refractivity contribution < 1.29 is 23.1 Å². The third kappa shape index (κ3) is 2.95. The van der Waals surface area contributed by atoms with Gasteiger partial charge in [-0.1, -0.05) is 0 Å². The Morgan fingerprint density at radius 3 is 2.59 bits per heavy atom. The molecule has 0 aliphatic rings. The van der Waals surface area contributed by atoms with Gasteiger partial charge in [0.05, 0.1) is 0 Å². The third-order valence-corrected chi connectivity index (χ3v) is 2.30. The first-order valence-electron chi connectivity index (χ1n) is 4.28. The highest BCUT2D eigenvalue weighted by atomic mass is 79.9. The lowest BCUT2D eigenvalue weighted by Gasteiger charge is -2.21. The van der Waals surface area contributed by atoms with Crippen LogP contribution in [0.1, 0.15) is 5.69 Å². The number of carbonyl (C=O) groups is 1. The predicted octanol–water partition coefficient (Wildman–Crippen LogP) is 1.02. The van der Waals surface area contributed by atoms with Crippen molar-refractivity contribution in [3.05, 3.63) is 34.2 Å². The molecule has 93 valence electrons. The number of pyridine rings is 1. The SMILES string of the molecule is NC(=O)[C](c1nc(Br)ccc1F)C(F)(F)CO. The van der Waals surface area contributed by atoms with Crippen LogP contribution in [-0.2, 0) is 4.79 Å². The number of halogens is 4. The number of carbonyl (C=O) groups excluding carboxylic acids is 1. The second kappa shape index (κ2) is 5.01. The van der Waals surface area contributed by atoms with Crippen molar-refractivity contribution >= 4 is 21.8 Å². The van der Waals surface area contributed by atoms with Gasteiger partial charge in [0, 0.05) is 0 Å². The van der Waals surface area contributed by atoms with Gasteiger partial charge in [0.1, 0.15) is 22.7 Å². The van der Waals surface area contributed by atoms with Crippen LogP contribution in [0.2, 0.25) is 0 Å². The first kappa shape index (κ1) is 13.9. The molecule has 1 aromatic rings. The summed E-state index contributed by atoms with van der Waals surface area (Å²) in [6, 6.07) is 2.03. The Morgan fingerprint density at radius 2 is 2.12 bits per heavy atom. The highest BCUT2D eigenvalue weighted by molar-refractivity contribution is 9.10. The fourth-order valence-corrected chi connectivity index (χ4v) is 1.45. The fraction of sp³-hybridized carbons (Fsp3) is 0.222. The molecule has 0 aromatic carbocycles. The zero-order chi connectivity index (χ0) is 13.2. The van der Waals surface area contributed by atoms with E-state index in [4.69, 9.17) is 10.8 Å². The molecule has 0 spiro atoms. The minimum absolute atomic E-state index is 0.0568. The van der Waals surface area contributed by atoms with Gasteiger partial charge >= 0.3 is 0 Å². The zero-order valence-electron chi connectivity index (χ0n) is 8.25. The number of amides is 1. The summed E-state index contributed by atoms with van der Waals surface area (Å²) in [5.41, 5.74) is 3.88. The highest BCUT2D eigenvalue weighted by Crippen LogP contribution is 2.32. The second-order valence-corrected chi connectivity index (χ2v) is 3.88. The van der Waals surface area contributed by atoms with E-state index in [1.807, 2.05) is 0 Å². The van der Waals surface area contributed by atoms with Crippen LogP contribution < -0.4 is 5.73 Å². The molecule has 0 fully saturated rings. The van der Waals surface area contributed by atoms with Crippen LogP contribution in [-0.4, -0.2) is 28.5 Å². The molecule has 1 radical (unpaired) electrons. The number of primary amides is 1. The predicted molar refractivity (Wildman–Crippen MR) is 55.5 cm³/mol. The molecule has 8 heteroatoms. The minimum Gasteiger partial charge on any atom is -0.390 e. The van der Waals surface area contributed by atoms with Crippen LogP contribution >= 0.6 is 15.9 Å². The Kier molecular flexibility index (Phi) is 4.10. The van der Waals surface area contributed by atoms with Crippen molar-refractivity contribution in [1.29, 1.82) is 0 Å². The van der Waals surface area contributed by atoms with Crippen molar-refractivity contribution in [3.8, 4) is 0 Å². The van der Waals surface area contributed by atoms with Gasteiger partial charge in [-0.15, -0.1) is 0 Å². The van der Waals surface area contributed by atoms with Gasteiger partial charge in [0.15, 0.2) is 5.92 Å². The van der Waals surface area contributed by atoms with Crippen LogP contribution in [0.3, 0.4) is 0 Å². The lowest BCUT2D eigenvalue weighted by Crippen LogP contribution is -2.41. The summed E-state index contributed by atoms with van der Waals surface area (Å²) in [4.78, 5) is 14.4. The molecule has 0 atom stereocenters. The quantitative estimate of drug-likeness (QED) is 0.815. The normalized spacial score (nSPS) is 11.9. The summed E-state index contributed by atoms with van der Waals surface area (Å²) >= 11 is 2.85. The standard InChI is InChI=1S/C9H7BrF3N2O2/c10-5-2-1-4(11)7(15-5)6(8(14)17)9(12,13)3-16/h1-2,16H,3H2,(H2,14,17). The van der Waals surface area contributed by atoms with E-state index in [9.17, 15) is 18.0 Å². The first-order valence-corrected chi connectivity index (χ1v) is 5.07. The molecule has 0 saturated carbocycles. The zero-order valence-corrected chi connectivity index (χ0v) is 9.84. The molecule has 0 aliphatic heterocycles. The molecule has 0 unspecified atom stereocenters. The monoisotopic (exact) mass is 311 g/mol. The second-order valence-electron chi connectivity index (χ2n) is 3.07. The molecule has 17 heavy (non-hydrogen) atoms. The van der Waals surface area contributed by atoms with Gasteiger partial charge in [-0.05, 0) is 28.1 Å². The Bertz CT molecular complexity index is 442. The lowest BCUT2D eigenvalue weighted by atomic mass is 9.96. The average molecular weight is 312 g/mol. The lowest BCUT2D eigenvalue weighted by molar-refractivity contribution is -0.122. The van der Waals surface area contributed by atoms with Crippen molar-refractivity contribution in [1.82, 2.24) is 4.98 Å². The van der Waals surface area contributed by atoms with Gasteiger partial charge < -0.3 is 10.8 Å². The van der Waals surface area contributed by atoms with Gasteiger partial charge in [-0.2, -0.15) is 0 Å². The number of aliphatic hydroxyl groups is 1. The molecule has 1 heterocycles. The maximum absolute atomic E-state index is 13.3. The van der Waals surface area contributed by atoms with E-state index >= 15 is 0 Å². The van der Waals surface area contributed by atoms with Crippen LogP contribution in [0, 0.1) is 11.7 Å². The number of nitrogens with two attached hydrogens (primary N) is 1. The van der Waals surface area contributed by atoms with Crippen molar-refractivity contribution in [2.24, 2.45) is 5.73 Å². The van der Waals surface area contributed by atoms with Gasteiger partial charge in [0.2, 0.25) is 5.91 Å². The Morgan fingerprint density at radius 1 is 1.53 bits per heavy atom. The first-order chi connectivity index (χ1) is 7.79. The van der Waals surface area contributed by atoms with E-state index in [0.29, 0.717) is 0 Å². The number of aromatic nitrogens is 1. The third-order valence-electron chi connectivity index (χ3n) is 1.86. The van der Waals surface area contributed by atoms with Crippen molar-refractivity contribution in [2.75, 3.05) is 6.61 Å². The van der Waals surface area contributed by atoms with Crippen LogP contribution in [0.4, 0.5) is 13.2 Å². The molecule has 1 aromatic heterocycles. The summed E-state index contributed by atoms with van der Waals surface area (Å²) in [5, 5.41) is 8.49. The maximum Gasteiger partial charge on any atom is 0.292 e. The molecular formula is C9H7BrF3N2O2. The number of hydrogen-bond donors (Lipinski definition) is 2.